The van der Waals surface area contributed by atoms with Gasteiger partial charge in [-0.15, -0.1) is 16.4 Å². The number of hydrogen-bond donors (Lipinski definition) is 2. The minimum Gasteiger partial charge on any atom is -0.325 e. The van der Waals surface area contributed by atoms with Crippen molar-refractivity contribution >= 4 is 23.1 Å². The van der Waals surface area contributed by atoms with E-state index >= 15 is 0 Å². The molecule has 0 saturated carbocycles. The molecule has 0 saturated heterocycles. The molecule has 82 valence electrons. The van der Waals surface area contributed by atoms with E-state index in [-0.39, 0.29) is 5.91 Å². The Kier molecular flexibility index (Phi) is 3.18. The highest BCUT2D eigenvalue weighted by molar-refractivity contribution is 7.09. The van der Waals surface area contributed by atoms with Crippen LogP contribution in [0.2, 0.25) is 0 Å². The zero-order chi connectivity index (χ0) is 11.4. The number of hydrogen-bond acceptors (Lipinski definition) is 6. The van der Waals surface area contributed by atoms with Gasteiger partial charge in [-0.05, 0) is 12.1 Å². The molecule has 0 spiro atoms. The van der Waals surface area contributed by atoms with Gasteiger partial charge in [-0.25, -0.2) is 4.98 Å². The molecule has 7 heteroatoms. The maximum absolute atomic E-state index is 11.7. The average molecular weight is 235 g/mol. The normalized spacial score (nSPS) is 10.1. The van der Waals surface area contributed by atoms with Crippen LogP contribution in [-0.4, -0.2) is 21.1 Å². The van der Waals surface area contributed by atoms with Crippen molar-refractivity contribution in [3.05, 3.63) is 34.4 Å². The van der Waals surface area contributed by atoms with Crippen LogP contribution in [0.5, 0.6) is 0 Å². The highest BCUT2D eigenvalue weighted by Crippen LogP contribution is 2.10. The Hall–Kier alpha value is -1.86. The number of nitrogens with zero attached hydrogens (tertiary/aromatic N) is 3. The highest BCUT2D eigenvalue weighted by atomic mass is 32.1. The second-order valence-corrected chi connectivity index (χ2v) is 3.84. The lowest BCUT2D eigenvalue weighted by Gasteiger charge is -1.99. The van der Waals surface area contributed by atoms with Crippen molar-refractivity contribution in [2.75, 3.05) is 5.32 Å². The van der Waals surface area contributed by atoms with Crippen molar-refractivity contribution in [1.29, 1.82) is 0 Å². The number of nitrogens with two attached hydrogens (primary N) is 1. The molecule has 2 aromatic rings. The number of carbonyl (C=O) groups is 1. The maximum Gasteiger partial charge on any atom is 0.276 e. The molecule has 2 rings (SSSR count). The summed E-state index contributed by atoms with van der Waals surface area (Å²) in [7, 11) is 0. The molecule has 0 fully saturated rings. The monoisotopic (exact) mass is 235 g/mol. The average Bonchev–Trinajstić information content (AvgIpc) is 2.79. The van der Waals surface area contributed by atoms with E-state index in [0.717, 1.165) is 5.01 Å². The molecule has 1 amide bonds. The molecule has 3 N–H and O–H groups in total. The first-order valence-corrected chi connectivity index (χ1v) is 5.41. The second kappa shape index (κ2) is 4.77. The van der Waals surface area contributed by atoms with Crippen LogP contribution in [0.1, 0.15) is 15.5 Å². The molecule has 0 radical (unpaired) electrons. The smallest absolute Gasteiger partial charge is 0.276 e. The summed E-state index contributed by atoms with van der Waals surface area (Å²) < 4.78 is 0. The van der Waals surface area contributed by atoms with Crippen LogP contribution in [0.15, 0.2) is 23.7 Å². The van der Waals surface area contributed by atoms with Gasteiger partial charge in [-0.3, -0.25) is 4.79 Å². The molecule has 16 heavy (non-hydrogen) atoms. The van der Waals surface area contributed by atoms with Crippen LogP contribution < -0.4 is 11.1 Å². The predicted octanol–water partition coefficient (Wildman–Crippen LogP) is 0.644. The van der Waals surface area contributed by atoms with Gasteiger partial charge >= 0.3 is 0 Å². The first-order chi connectivity index (χ1) is 7.79. The first kappa shape index (κ1) is 10.7. The molecule has 0 aromatic carbocycles. The van der Waals surface area contributed by atoms with E-state index in [2.05, 4.69) is 20.5 Å². The van der Waals surface area contributed by atoms with Crippen LogP contribution in [0.4, 0.5) is 5.82 Å². The van der Waals surface area contributed by atoms with Crippen molar-refractivity contribution in [3.8, 4) is 0 Å². The number of amides is 1. The first-order valence-electron chi connectivity index (χ1n) is 4.53. The second-order valence-electron chi connectivity index (χ2n) is 2.89. The maximum atomic E-state index is 11.7. The van der Waals surface area contributed by atoms with Gasteiger partial charge in [0, 0.05) is 18.1 Å². The summed E-state index contributed by atoms with van der Waals surface area (Å²) >= 11 is 1.36. The van der Waals surface area contributed by atoms with Crippen LogP contribution >= 0.6 is 11.3 Å². The Balaban J connectivity index is 2.09. The van der Waals surface area contributed by atoms with E-state index in [9.17, 15) is 4.79 Å². The van der Waals surface area contributed by atoms with Gasteiger partial charge in [0.2, 0.25) is 0 Å². The summed E-state index contributed by atoms with van der Waals surface area (Å²) in [6.07, 6.45) is 1.53. The SMILES string of the molecule is NCc1nc(C(=O)Nc2cccnn2)cs1. The minimum absolute atomic E-state index is 0.309. The van der Waals surface area contributed by atoms with Crippen molar-refractivity contribution < 1.29 is 4.79 Å². The van der Waals surface area contributed by atoms with E-state index in [1.54, 1.807) is 17.5 Å². The molecular formula is C9H9N5OS. The van der Waals surface area contributed by atoms with E-state index in [1.807, 2.05) is 0 Å². The zero-order valence-corrected chi connectivity index (χ0v) is 9.07. The summed E-state index contributed by atoms with van der Waals surface area (Å²) in [6.45, 7) is 0.336. The van der Waals surface area contributed by atoms with E-state index < -0.39 is 0 Å². The quantitative estimate of drug-likeness (QED) is 0.814. The van der Waals surface area contributed by atoms with Gasteiger partial charge < -0.3 is 11.1 Å². The Morgan fingerprint density at radius 3 is 3.06 bits per heavy atom. The van der Waals surface area contributed by atoms with E-state index in [0.29, 0.717) is 18.1 Å². The van der Waals surface area contributed by atoms with Gasteiger partial charge in [-0.1, -0.05) is 0 Å². The molecule has 0 unspecified atom stereocenters. The molecule has 0 bridgehead atoms. The van der Waals surface area contributed by atoms with Gasteiger partial charge in [0.1, 0.15) is 10.7 Å². The summed E-state index contributed by atoms with van der Waals surface area (Å²) in [6, 6.07) is 3.34. The third-order valence-electron chi connectivity index (χ3n) is 1.77. The van der Waals surface area contributed by atoms with Gasteiger partial charge in [-0.2, -0.15) is 5.10 Å². The van der Waals surface area contributed by atoms with Gasteiger partial charge in [0.05, 0.1) is 0 Å². The lowest BCUT2D eigenvalue weighted by molar-refractivity contribution is 0.102. The largest absolute Gasteiger partial charge is 0.325 e. The number of nitrogens with one attached hydrogen (secondary N) is 1. The standard InChI is InChI=1S/C9H9N5OS/c10-4-8-12-6(5-16-8)9(15)13-7-2-1-3-11-14-7/h1-3,5H,4,10H2,(H,13,14,15). The summed E-state index contributed by atoms with van der Waals surface area (Å²) in [4.78, 5) is 15.7. The molecule has 0 aliphatic heterocycles. The van der Waals surface area contributed by atoms with Crippen LogP contribution in [0.25, 0.3) is 0 Å². The third-order valence-corrected chi connectivity index (χ3v) is 2.64. The Morgan fingerprint density at radius 1 is 1.56 bits per heavy atom. The molecular weight excluding hydrogens is 226 g/mol. The molecule has 2 aromatic heterocycles. The number of anilines is 1. The summed E-state index contributed by atoms with van der Waals surface area (Å²) in [5.74, 6) is 0.0891. The number of aromatic nitrogens is 3. The van der Waals surface area contributed by atoms with Crippen LogP contribution in [0, 0.1) is 0 Å². The molecule has 2 heterocycles. The van der Waals surface area contributed by atoms with Crippen molar-refractivity contribution in [1.82, 2.24) is 15.2 Å². The fraction of sp³-hybridized carbons (Fsp3) is 0.111. The minimum atomic E-state index is -0.309. The van der Waals surface area contributed by atoms with Crippen LogP contribution in [-0.2, 0) is 6.54 Å². The van der Waals surface area contributed by atoms with E-state index in [4.69, 9.17) is 5.73 Å². The van der Waals surface area contributed by atoms with Gasteiger partial charge in [0.25, 0.3) is 5.91 Å². The Labute approximate surface area is 95.5 Å². The van der Waals surface area contributed by atoms with Crippen molar-refractivity contribution in [3.63, 3.8) is 0 Å². The van der Waals surface area contributed by atoms with Crippen molar-refractivity contribution in [2.45, 2.75) is 6.54 Å². The summed E-state index contributed by atoms with van der Waals surface area (Å²) in [5.41, 5.74) is 5.75. The molecule has 0 aliphatic rings. The lowest BCUT2D eigenvalue weighted by Crippen LogP contribution is -2.13. The number of carbonyl (C=O) groups excluding carboxylic acids is 1. The fourth-order valence-electron chi connectivity index (χ4n) is 1.06. The lowest BCUT2D eigenvalue weighted by atomic mass is 10.4. The predicted molar refractivity (Wildman–Crippen MR) is 60.0 cm³/mol. The molecule has 0 aliphatic carbocycles. The van der Waals surface area contributed by atoms with Crippen molar-refractivity contribution in [2.24, 2.45) is 5.73 Å². The van der Waals surface area contributed by atoms with Gasteiger partial charge in [0.15, 0.2) is 5.82 Å². The topological polar surface area (TPSA) is 93.8 Å². The van der Waals surface area contributed by atoms with E-state index in [1.165, 1.54) is 17.5 Å². The highest BCUT2D eigenvalue weighted by Gasteiger charge is 2.10. The third kappa shape index (κ3) is 2.38. The Bertz CT molecular complexity index is 484. The Morgan fingerprint density at radius 2 is 2.44 bits per heavy atom. The summed E-state index contributed by atoms with van der Waals surface area (Å²) in [5, 5.41) is 12.4. The fourth-order valence-corrected chi connectivity index (χ4v) is 1.71. The van der Waals surface area contributed by atoms with Crippen LogP contribution in [0.3, 0.4) is 0 Å². The zero-order valence-electron chi connectivity index (χ0n) is 8.25. The number of rotatable bonds is 3. The number of thiazole rings is 1. The molecule has 0 atom stereocenters. The molecule has 6 nitrogen and oxygen atoms in total.